The molecular formula is C13H14BrN3O. The van der Waals surface area contributed by atoms with E-state index in [4.69, 9.17) is 0 Å². The Morgan fingerprint density at radius 2 is 2.06 bits per heavy atom. The number of nitrogens with zero attached hydrogens (tertiary/aromatic N) is 1. The minimum atomic E-state index is -0.144. The van der Waals surface area contributed by atoms with Crippen LogP contribution in [0.5, 0.6) is 0 Å². The van der Waals surface area contributed by atoms with Crippen molar-refractivity contribution in [3.8, 4) is 0 Å². The maximum Gasteiger partial charge on any atom is 0.256 e. The molecule has 0 aliphatic carbocycles. The molecule has 0 fully saturated rings. The largest absolute Gasteiger partial charge is 0.319 e. The molecule has 0 saturated heterocycles. The molecule has 0 unspecified atom stereocenters. The number of rotatable bonds is 2. The number of halogens is 1. The van der Waals surface area contributed by atoms with Gasteiger partial charge in [0.15, 0.2) is 0 Å². The van der Waals surface area contributed by atoms with E-state index < -0.39 is 0 Å². The van der Waals surface area contributed by atoms with Gasteiger partial charge in [0.2, 0.25) is 0 Å². The number of hydrogen-bond acceptors (Lipinski definition) is 2. The molecule has 1 amide bonds. The summed E-state index contributed by atoms with van der Waals surface area (Å²) in [6, 6.07) is 5.64. The van der Waals surface area contributed by atoms with E-state index in [0.717, 1.165) is 27.1 Å². The van der Waals surface area contributed by atoms with Gasteiger partial charge in [-0.2, -0.15) is 5.10 Å². The summed E-state index contributed by atoms with van der Waals surface area (Å²) in [6.07, 6.45) is 0. The van der Waals surface area contributed by atoms with Crippen LogP contribution in [-0.4, -0.2) is 16.1 Å². The highest BCUT2D eigenvalue weighted by molar-refractivity contribution is 9.10. The molecule has 1 aromatic carbocycles. The van der Waals surface area contributed by atoms with Gasteiger partial charge in [-0.1, -0.05) is 6.07 Å². The van der Waals surface area contributed by atoms with Crippen molar-refractivity contribution in [1.29, 1.82) is 0 Å². The standard InChI is InChI=1S/C13H14BrN3O/c1-7-4-5-10(11(14)6-7)13(18)15-12-8(2)16-17-9(12)3/h4-6H,1-3H3,(H,15,18)(H,16,17). The van der Waals surface area contributed by atoms with Crippen LogP contribution in [0.4, 0.5) is 5.69 Å². The highest BCUT2D eigenvalue weighted by Gasteiger charge is 2.14. The zero-order valence-electron chi connectivity index (χ0n) is 10.5. The summed E-state index contributed by atoms with van der Waals surface area (Å²) in [5, 5.41) is 9.76. The Balaban J connectivity index is 2.28. The van der Waals surface area contributed by atoms with Gasteiger partial charge in [-0.25, -0.2) is 0 Å². The lowest BCUT2D eigenvalue weighted by atomic mass is 10.1. The first kappa shape index (κ1) is 12.8. The summed E-state index contributed by atoms with van der Waals surface area (Å²) in [7, 11) is 0. The van der Waals surface area contributed by atoms with E-state index in [9.17, 15) is 4.79 Å². The van der Waals surface area contributed by atoms with E-state index in [1.54, 1.807) is 6.07 Å². The zero-order chi connectivity index (χ0) is 13.3. The van der Waals surface area contributed by atoms with Crippen molar-refractivity contribution in [3.05, 3.63) is 45.2 Å². The number of H-pyrrole nitrogens is 1. The second-order valence-corrected chi connectivity index (χ2v) is 5.10. The molecule has 2 N–H and O–H groups in total. The number of carbonyl (C=O) groups excluding carboxylic acids is 1. The van der Waals surface area contributed by atoms with Gasteiger partial charge >= 0.3 is 0 Å². The van der Waals surface area contributed by atoms with Gasteiger partial charge < -0.3 is 5.32 Å². The fourth-order valence-electron chi connectivity index (χ4n) is 1.72. The highest BCUT2D eigenvalue weighted by atomic mass is 79.9. The predicted molar refractivity (Wildman–Crippen MR) is 74.9 cm³/mol. The third kappa shape index (κ3) is 2.46. The van der Waals surface area contributed by atoms with Crippen molar-refractivity contribution in [2.75, 3.05) is 5.32 Å². The monoisotopic (exact) mass is 307 g/mol. The van der Waals surface area contributed by atoms with E-state index in [2.05, 4.69) is 31.4 Å². The van der Waals surface area contributed by atoms with E-state index in [1.165, 1.54) is 0 Å². The van der Waals surface area contributed by atoms with Crippen LogP contribution in [0.15, 0.2) is 22.7 Å². The van der Waals surface area contributed by atoms with E-state index in [-0.39, 0.29) is 5.91 Å². The molecule has 18 heavy (non-hydrogen) atoms. The molecule has 0 saturated carbocycles. The molecule has 1 aromatic heterocycles. The molecular weight excluding hydrogens is 294 g/mol. The van der Waals surface area contributed by atoms with Gasteiger partial charge in [0.25, 0.3) is 5.91 Å². The van der Waals surface area contributed by atoms with Gasteiger partial charge in [-0.3, -0.25) is 9.89 Å². The Bertz CT molecular complexity index is 585. The fraction of sp³-hybridized carbons (Fsp3) is 0.231. The summed E-state index contributed by atoms with van der Waals surface area (Å²) >= 11 is 3.40. The maximum atomic E-state index is 12.2. The van der Waals surface area contributed by atoms with Crippen molar-refractivity contribution in [2.24, 2.45) is 0 Å². The lowest BCUT2D eigenvalue weighted by Crippen LogP contribution is -2.13. The van der Waals surface area contributed by atoms with Crippen molar-refractivity contribution >= 4 is 27.5 Å². The first-order valence-corrected chi connectivity index (χ1v) is 6.37. The Morgan fingerprint density at radius 3 is 2.61 bits per heavy atom. The molecule has 5 heteroatoms. The SMILES string of the molecule is Cc1ccc(C(=O)Nc2c(C)n[nH]c2C)c(Br)c1. The lowest BCUT2D eigenvalue weighted by molar-refractivity contribution is 0.102. The van der Waals surface area contributed by atoms with Gasteiger partial charge in [-0.15, -0.1) is 0 Å². The number of benzene rings is 1. The van der Waals surface area contributed by atoms with Crippen LogP contribution in [0.3, 0.4) is 0 Å². The number of nitrogens with one attached hydrogen (secondary N) is 2. The third-order valence-corrected chi connectivity index (χ3v) is 3.39. The van der Waals surface area contributed by atoms with Crippen LogP contribution < -0.4 is 5.32 Å². The fourth-order valence-corrected chi connectivity index (χ4v) is 2.39. The lowest BCUT2D eigenvalue weighted by Gasteiger charge is -2.07. The normalized spacial score (nSPS) is 10.4. The van der Waals surface area contributed by atoms with Gasteiger partial charge in [0.05, 0.1) is 22.6 Å². The van der Waals surface area contributed by atoms with Crippen molar-refractivity contribution < 1.29 is 4.79 Å². The number of aromatic amines is 1. The van der Waals surface area contributed by atoms with Crippen LogP contribution in [0.25, 0.3) is 0 Å². The summed E-state index contributed by atoms with van der Waals surface area (Å²) in [5.41, 5.74) is 4.09. The molecule has 0 aliphatic rings. The van der Waals surface area contributed by atoms with Crippen molar-refractivity contribution in [3.63, 3.8) is 0 Å². The highest BCUT2D eigenvalue weighted by Crippen LogP contribution is 2.22. The molecule has 0 aliphatic heterocycles. The summed E-state index contributed by atoms with van der Waals surface area (Å²) < 4.78 is 0.791. The van der Waals surface area contributed by atoms with Crippen LogP contribution in [0.1, 0.15) is 27.3 Å². The quantitative estimate of drug-likeness (QED) is 0.894. The third-order valence-electron chi connectivity index (χ3n) is 2.74. The van der Waals surface area contributed by atoms with Crippen LogP contribution >= 0.6 is 15.9 Å². The van der Waals surface area contributed by atoms with Crippen LogP contribution in [0, 0.1) is 20.8 Å². The number of anilines is 1. The molecule has 0 bridgehead atoms. The summed E-state index contributed by atoms with van der Waals surface area (Å²) in [5.74, 6) is -0.144. The van der Waals surface area contributed by atoms with Gasteiger partial charge in [0.1, 0.15) is 0 Å². The summed E-state index contributed by atoms with van der Waals surface area (Å²) in [4.78, 5) is 12.2. The van der Waals surface area contributed by atoms with E-state index in [0.29, 0.717) is 5.56 Å². The molecule has 0 spiro atoms. The minimum absolute atomic E-state index is 0.144. The number of aryl methyl sites for hydroxylation is 3. The smallest absolute Gasteiger partial charge is 0.256 e. The second kappa shape index (κ2) is 4.94. The van der Waals surface area contributed by atoms with Crippen molar-refractivity contribution in [1.82, 2.24) is 10.2 Å². The maximum absolute atomic E-state index is 12.2. The second-order valence-electron chi connectivity index (χ2n) is 4.25. The Labute approximate surface area is 114 Å². The average Bonchev–Trinajstić information content (AvgIpc) is 2.60. The Hall–Kier alpha value is -1.62. The van der Waals surface area contributed by atoms with Crippen molar-refractivity contribution in [2.45, 2.75) is 20.8 Å². The zero-order valence-corrected chi connectivity index (χ0v) is 12.1. The molecule has 0 radical (unpaired) electrons. The number of carbonyl (C=O) groups is 1. The molecule has 1 heterocycles. The first-order chi connectivity index (χ1) is 8.49. The van der Waals surface area contributed by atoms with E-state index >= 15 is 0 Å². The molecule has 2 aromatic rings. The Kier molecular flexibility index (Phi) is 3.52. The first-order valence-electron chi connectivity index (χ1n) is 5.58. The predicted octanol–water partition coefficient (Wildman–Crippen LogP) is 3.35. The van der Waals surface area contributed by atoms with Gasteiger partial charge in [0, 0.05) is 4.47 Å². The molecule has 2 rings (SSSR count). The topological polar surface area (TPSA) is 57.8 Å². The minimum Gasteiger partial charge on any atom is -0.319 e. The number of amides is 1. The Morgan fingerprint density at radius 1 is 1.33 bits per heavy atom. The molecule has 94 valence electrons. The van der Waals surface area contributed by atoms with Gasteiger partial charge in [-0.05, 0) is 54.4 Å². The number of hydrogen-bond donors (Lipinski definition) is 2. The molecule has 0 atom stereocenters. The average molecular weight is 308 g/mol. The van der Waals surface area contributed by atoms with Crippen LogP contribution in [0.2, 0.25) is 0 Å². The van der Waals surface area contributed by atoms with E-state index in [1.807, 2.05) is 32.9 Å². The molecule has 4 nitrogen and oxygen atoms in total. The van der Waals surface area contributed by atoms with Crippen LogP contribution in [-0.2, 0) is 0 Å². The number of aromatic nitrogens is 2. The summed E-state index contributed by atoms with van der Waals surface area (Å²) in [6.45, 7) is 5.71.